The largest absolute Gasteiger partial charge is 0.390 e. The lowest BCUT2D eigenvalue weighted by atomic mass is 10.0. The Kier molecular flexibility index (Phi) is 4.44. The molecular weight excluding hydrogens is 278 g/mol. The van der Waals surface area contributed by atoms with E-state index in [1.54, 1.807) is 4.98 Å². The third-order valence-electron chi connectivity index (χ3n) is 2.70. The fourth-order valence-corrected chi connectivity index (χ4v) is 1.50. The van der Waals surface area contributed by atoms with Crippen LogP contribution in [-0.2, 0) is 10.5 Å². The number of aliphatic hydroxyl groups is 2. The van der Waals surface area contributed by atoms with Gasteiger partial charge in [0.15, 0.2) is 6.10 Å². The Labute approximate surface area is 111 Å². The molecule has 0 fully saturated rings. The number of ether oxygens (including phenoxy) is 1. The second kappa shape index (κ2) is 5.54. The van der Waals surface area contributed by atoms with Crippen molar-refractivity contribution in [1.29, 1.82) is 0 Å². The van der Waals surface area contributed by atoms with Gasteiger partial charge in [-0.3, -0.25) is 14.3 Å². The molecule has 20 heavy (non-hydrogen) atoms. The zero-order valence-electron chi connectivity index (χ0n) is 10.3. The Morgan fingerprint density at radius 3 is 2.60 bits per heavy atom. The van der Waals surface area contributed by atoms with Gasteiger partial charge < -0.3 is 14.9 Å². The number of hydrogen-bond acceptors (Lipinski definition) is 5. The van der Waals surface area contributed by atoms with Gasteiger partial charge in [0, 0.05) is 19.4 Å². The van der Waals surface area contributed by atoms with Crippen LogP contribution >= 0.6 is 0 Å². The first-order chi connectivity index (χ1) is 9.25. The second-order valence-electron chi connectivity index (χ2n) is 3.85. The Bertz CT molecular complexity index is 631. The van der Waals surface area contributed by atoms with Gasteiger partial charge in [-0.05, 0) is 5.92 Å². The standard InChI is InChI=1S/C11H12F2N2O5/c1-3-10(12,8(18)11(13,6-16)20-2)15-5-4-7(17)14-9(15)19/h1,4-5,8,16,18H,6H2,2H3,(H,14,17,19)/t8-,10-,11+/m0/s1. The van der Waals surface area contributed by atoms with Crippen molar-refractivity contribution in [2.24, 2.45) is 0 Å². The summed E-state index contributed by atoms with van der Waals surface area (Å²) in [6, 6.07) is 0.755. The number of terminal acetylenes is 1. The van der Waals surface area contributed by atoms with E-state index in [2.05, 4.69) is 4.74 Å². The van der Waals surface area contributed by atoms with Gasteiger partial charge in [0.25, 0.3) is 17.2 Å². The fourth-order valence-electron chi connectivity index (χ4n) is 1.50. The second-order valence-corrected chi connectivity index (χ2v) is 3.85. The summed E-state index contributed by atoms with van der Waals surface area (Å²) in [4.78, 5) is 24.1. The average molecular weight is 290 g/mol. The minimum atomic E-state index is -3.38. The monoisotopic (exact) mass is 290 g/mol. The molecule has 0 spiro atoms. The highest BCUT2D eigenvalue weighted by Crippen LogP contribution is 2.31. The van der Waals surface area contributed by atoms with E-state index in [-0.39, 0.29) is 4.57 Å². The molecule has 0 amide bonds. The number of aliphatic hydroxyl groups excluding tert-OH is 2. The summed E-state index contributed by atoms with van der Waals surface area (Å²) in [6.45, 7) is -1.41. The third kappa shape index (κ3) is 2.49. The molecule has 0 radical (unpaired) electrons. The van der Waals surface area contributed by atoms with E-state index in [1.165, 1.54) is 5.92 Å². The molecule has 7 nitrogen and oxygen atoms in total. The molecule has 0 aliphatic heterocycles. The zero-order valence-corrected chi connectivity index (χ0v) is 10.3. The minimum absolute atomic E-state index is 0.113. The van der Waals surface area contributed by atoms with Gasteiger partial charge in [-0.15, -0.1) is 6.42 Å². The highest BCUT2D eigenvalue weighted by Gasteiger charge is 2.53. The highest BCUT2D eigenvalue weighted by atomic mass is 19.2. The first-order valence-corrected chi connectivity index (χ1v) is 5.27. The van der Waals surface area contributed by atoms with Crippen LogP contribution in [0.15, 0.2) is 21.9 Å². The van der Waals surface area contributed by atoms with Crippen LogP contribution in [0, 0.1) is 12.3 Å². The third-order valence-corrected chi connectivity index (χ3v) is 2.70. The lowest BCUT2D eigenvalue weighted by Gasteiger charge is -2.34. The van der Waals surface area contributed by atoms with Crippen LogP contribution in [-0.4, -0.2) is 45.4 Å². The van der Waals surface area contributed by atoms with Crippen molar-refractivity contribution in [3.63, 3.8) is 0 Å². The normalized spacial score (nSPS) is 18.6. The molecule has 110 valence electrons. The van der Waals surface area contributed by atoms with Gasteiger partial charge in [0.2, 0.25) is 0 Å². The Balaban J connectivity index is 3.46. The maximum absolute atomic E-state index is 14.6. The number of alkyl halides is 2. The number of methoxy groups -OCH3 is 1. The van der Waals surface area contributed by atoms with E-state index in [1.807, 2.05) is 0 Å². The molecule has 1 rings (SSSR count). The lowest BCUT2D eigenvalue weighted by Crippen LogP contribution is -2.58. The summed E-state index contributed by atoms with van der Waals surface area (Å²) in [6.07, 6.45) is 2.84. The summed E-state index contributed by atoms with van der Waals surface area (Å²) in [7, 11) is 0.770. The van der Waals surface area contributed by atoms with E-state index in [4.69, 9.17) is 11.5 Å². The van der Waals surface area contributed by atoms with E-state index in [0.29, 0.717) is 6.20 Å². The molecule has 1 heterocycles. The van der Waals surface area contributed by atoms with Gasteiger partial charge >= 0.3 is 5.69 Å². The van der Waals surface area contributed by atoms with Crippen LogP contribution in [0.1, 0.15) is 0 Å². The molecule has 1 aromatic rings. The highest BCUT2D eigenvalue weighted by molar-refractivity contribution is 5.12. The number of hydrogen-bond donors (Lipinski definition) is 3. The Morgan fingerprint density at radius 1 is 1.60 bits per heavy atom. The van der Waals surface area contributed by atoms with Crippen LogP contribution in [0.2, 0.25) is 0 Å². The van der Waals surface area contributed by atoms with Crippen LogP contribution < -0.4 is 11.2 Å². The van der Waals surface area contributed by atoms with Crippen LogP contribution in [0.25, 0.3) is 0 Å². The summed E-state index contributed by atoms with van der Waals surface area (Å²) in [5.74, 6) is -5.20. The predicted octanol–water partition coefficient (Wildman–Crippen LogP) is -1.54. The maximum Gasteiger partial charge on any atom is 0.331 e. The molecule has 0 bridgehead atoms. The van der Waals surface area contributed by atoms with Crippen LogP contribution in [0.3, 0.4) is 0 Å². The van der Waals surface area contributed by atoms with Crippen molar-refractivity contribution in [2.75, 3.05) is 13.7 Å². The lowest BCUT2D eigenvalue weighted by molar-refractivity contribution is -0.249. The molecule has 3 N–H and O–H groups in total. The molecule has 0 unspecified atom stereocenters. The Hall–Kier alpha value is -2.02. The summed E-state index contributed by atoms with van der Waals surface area (Å²) in [5, 5.41) is 18.5. The van der Waals surface area contributed by atoms with Gasteiger partial charge in [-0.25, -0.2) is 13.6 Å². The van der Waals surface area contributed by atoms with Gasteiger partial charge in [-0.2, -0.15) is 0 Å². The smallest absolute Gasteiger partial charge is 0.331 e. The van der Waals surface area contributed by atoms with Crippen molar-refractivity contribution in [3.05, 3.63) is 33.1 Å². The van der Waals surface area contributed by atoms with E-state index < -0.39 is 35.6 Å². The number of rotatable bonds is 5. The molecule has 0 aliphatic rings. The average Bonchev–Trinajstić information content (AvgIpc) is 2.44. The van der Waals surface area contributed by atoms with Crippen molar-refractivity contribution >= 4 is 0 Å². The number of aromatic amines is 1. The summed E-state index contributed by atoms with van der Waals surface area (Å²) in [5.41, 5.74) is -2.13. The van der Waals surface area contributed by atoms with E-state index >= 15 is 0 Å². The molecule has 0 aliphatic carbocycles. The number of nitrogens with one attached hydrogen (secondary N) is 1. The minimum Gasteiger partial charge on any atom is -0.390 e. The predicted molar refractivity (Wildman–Crippen MR) is 63.2 cm³/mol. The van der Waals surface area contributed by atoms with Crippen molar-refractivity contribution < 1.29 is 23.7 Å². The number of aromatic nitrogens is 2. The topological polar surface area (TPSA) is 105 Å². The number of halogens is 2. The Morgan fingerprint density at radius 2 is 2.20 bits per heavy atom. The van der Waals surface area contributed by atoms with Crippen molar-refractivity contribution in [1.82, 2.24) is 9.55 Å². The van der Waals surface area contributed by atoms with Crippen LogP contribution in [0.5, 0.6) is 0 Å². The van der Waals surface area contributed by atoms with Crippen LogP contribution in [0.4, 0.5) is 8.78 Å². The van der Waals surface area contributed by atoms with E-state index in [0.717, 1.165) is 13.2 Å². The van der Waals surface area contributed by atoms with Crippen molar-refractivity contribution in [2.45, 2.75) is 17.8 Å². The molecule has 3 atom stereocenters. The molecular formula is C11H12F2N2O5. The van der Waals surface area contributed by atoms with Gasteiger partial charge in [0.1, 0.15) is 6.61 Å². The van der Waals surface area contributed by atoms with Gasteiger partial charge in [-0.1, -0.05) is 0 Å². The summed E-state index contributed by atoms with van der Waals surface area (Å²) < 4.78 is 32.9. The maximum atomic E-state index is 14.6. The SMILES string of the molecule is C#C[C@@](F)([C@H](O)[C@@](F)(CO)OC)n1ccc(=O)[nH]c1=O. The molecule has 0 saturated carbocycles. The number of H-pyrrole nitrogens is 1. The first-order valence-electron chi connectivity index (χ1n) is 5.27. The zero-order chi connectivity index (χ0) is 15.6. The first kappa shape index (κ1) is 16.0. The van der Waals surface area contributed by atoms with Crippen molar-refractivity contribution in [3.8, 4) is 12.3 Å². The van der Waals surface area contributed by atoms with Gasteiger partial charge in [0.05, 0.1) is 0 Å². The molecule has 9 heteroatoms. The quantitative estimate of drug-likeness (QED) is 0.570. The fraction of sp³-hybridized carbons (Fsp3) is 0.455. The summed E-state index contributed by atoms with van der Waals surface area (Å²) >= 11 is 0. The molecule has 1 aromatic heterocycles. The number of nitrogens with zero attached hydrogens (tertiary/aromatic N) is 1. The molecule has 0 saturated heterocycles. The molecule has 0 aromatic carbocycles. The van der Waals surface area contributed by atoms with E-state index in [9.17, 15) is 23.5 Å².